The molecular weight excluding hydrogens is 282 g/mol. The predicted octanol–water partition coefficient (Wildman–Crippen LogP) is 2.60. The number of aldehydes is 1. The molecule has 0 saturated heterocycles. The van der Waals surface area contributed by atoms with E-state index in [4.69, 9.17) is 4.74 Å². The minimum Gasteiger partial charge on any atom is -0.452 e. The molecule has 2 aromatic carbocycles. The van der Waals surface area contributed by atoms with E-state index >= 15 is 0 Å². The van der Waals surface area contributed by atoms with Gasteiger partial charge in [0.1, 0.15) is 6.29 Å². The highest BCUT2D eigenvalue weighted by atomic mass is 16.5. The van der Waals surface area contributed by atoms with Crippen molar-refractivity contribution in [3.05, 3.63) is 65.2 Å². The number of para-hydroxylation sites is 1. The molecule has 22 heavy (non-hydrogen) atoms. The first kappa shape index (κ1) is 15.4. The number of hydrogen-bond acceptors (Lipinski definition) is 4. The Morgan fingerprint density at radius 2 is 1.77 bits per heavy atom. The van der Waals surface area contributed by atoms with E-state index in [2.05, 4.69) is 5.32 Å². The van der Waals surface area contributed by atoms with Gasteiger partial charge < -0.3 is 10.1 Å². The van der Waals surface area contributed by atoms with Crippen LogP contribution in [0.15, 0.2) is 48.5 Å². The summed E-state index contributed by atoms with van der Waals surface area (Å²) in [5, 5.41) is 2.67. The number of ether oxygens (including phenoxy) is 1. The fourth-order valence-electron chi connectivity index (χ4n) is 1.81. The number of esters is 1. The quantitative estimate of drug-likeness (QED) is 0.680. The standard InChI is InChI=1S/C17H15NO4/c1-12-4-2-3-5-15(12)18-16(20)11-22-17(21)14-8-6-13(10-19)7-9-14/h2-10H,11H2,1H3,(H,18,20). The number of rotatable bonds is 5. The lowest BCUT2D eigenvalue weighted by Gasteiger charge is -2.08. The summed E-state index contributed by atoms with van der Waals surface area (Å²) in [6.45, 7) is 1.50. The number of anilines is 1. The number of hydrogen-bond donors (Lipinski definition) is 1. The fraction of sp³-hybridized carbons (Fsp3) is 0.118. The average molecular weight is 297 g/mol. The van der Waals surface area contributed by atoms with Crippen LogP contribution in [-0.4, -0.2) is 24.8 Å². The first-order valence-corrected chi connectivity index (χ1v) is 6.68. The second-order valence-electron chi connectivity index (χ2n) is 4.68. The summed E-state index contributed by atoms with van der Waals surface area (Å²) in [5.41, 5.74) is 2.36. The molecule has 0 fully saturated rings. The van der Waals surface area contributed by atoms with Gasteiger partial charge in [0.25, 0.3) is 5.91 Å². The summed E-state index contributed by atoms with van der Waals surface area (Å²) in [4.78, 5) is 34.1. The molecule has 112 valence electrons. The molecule has 1 amide bonds. The lowest BCUT2D eigenvalue weighted by molar-refractivity contribution is -0.119. The van der Waals surface area contributed by atoms with E-state index in [-0.39, 0.29) is 12.2 Å². The van der Waals surface area contributed by atoms with Gasteiger partial charge in [-0.2, -0.15) is 0 Å². The van der Waals surface area contributed by atoms with Crippen LogP contribution in [0.1, 0.15) is 26.3 Å². The van der Waals surface area contributed by atoms with Gasteiger partial charge in [-0.3, -0.25) is 9.59 Å². The van der Waals surface area contributed by atoms with Crippen LogP contribution in [0.25, 0.3) is 0 Å². The third-order valence-corrected chi connectivity index (χ3v) is 3.04. The molecule has 0 heterocycles. The largest absolute Gasteiger partial charge is 0.452 e. The fourth-order valence-corrected chi connectivity index (χ4v) is 1.81. The van der Waals surface area contributed by atoms with Crippen LogP contribution in [-0.2, 0) is 9.53 Å². The summed E-state index contributed by atoms with van der Waals surface area (Å²) in [5.74, 6) is -1.02. The van der Waals surface area contributed by atoms with Crippen molar-refractivity contribution in [3.8, 4) is 0 Å². The van der Waals surface area contributed by atoms with Crippen molar-refractivity contribution < 1.29 is 19.1 Å². The number of nitrogens with one attached hydrogen (secondary N) is 1. The zero-order chi connectivity index (χ0) is 15.9. The molecule has 0 atom stereocenters. The van der Waals surface area contributed by atoms with Gasteiger partial charge in [0.05, 0.1) is 5.56 Å². The molecule has 0 spiro atoms. The molecule has 0 saturated carbocycles. The number of carbonyl (C=O) groups is 3. The zero-order valence-electron chi connectivity index (χ0n) is 12.0. The Morgan fingerprint density at radius 1 is 1.09 bits per heavy atom. The molecule has 1 N–H and O–H groups in total. The van der Waals surface area contributed by atoms with Crippen LogP contribution in [0.2, 0.25) is 0 Å². The van der Waals surface area contributed by atoms with Gasteiger partial charge >= 0.3 is 5.97 Å². The Kier molecular flexibility index (Phi) is 5.03. The van der Waals surface area contributed by atoms with Gasteiger partial charge in [0.2, 0.25) is 0 Å². The summed E-state index contributed by atoms with van der Waals surface area (Å²) >= 11 is 0. The lowest BCUT2D eigenvalue weighted by Crippen LogP contribution is -2.21. The van der Waals surface area contributed by atoms with Crippen LogP contribution in [0, 0.1) is 6.92 Å². The molecule has 5 heteroatoms. The van der Waals surface area contributed by atoms with E-state index in [1.807, 2.05) is 25.1 Å². The first-order valence-electron chi connectivity index (χ1n) is 6.68. The normalized spacial score (nSPS) is 9.86. The molecule has 0 radical (unpaired) electrons. The third-order valence-electron chi connectivity index (χ3n) is 3.04. The van der Waals surface area contributed by atoms with Gasteiger partial charge in [-0.1, -0.05) is 30.3 Å². The Bertz CT molecular complexity index is 692. The van der Waals surface area contributed by atoms with E-state index in [1.165, 1.54) is 24.3 Å². The Hall–Kier alpha value is -2.95. The number of amides is 1. The van der Waals surface area contributed by atoms with E-state index in [1.54, 1.807) is 6.07 Å². The Morgan fingerprint density at radius 3 is 2.41 bits per heavy atom. The maximum Gasteiger partial charge on any atom is 0.338 e. The van der Waals surface area contributed by atoms with E-state index < -0.39 is 11.9 Å². The van der Waals surface area contributed by atoms with Crippen LogP contribution in [0.5, 0.6) is 0 Å². The molecule has 0 aliphatic rings. The summed E-state index contributed by atoms with van der Waals surface area (Å²) in [6.07, 6.45) is 0.685. The van der Waals surface area contributed by atoms with Crippen molar-refractivity contribution >= 4 is 23.9 Å². The van der Waals surface area contributed by atoms with E-state index in [0.29, 0.717) is 17.5 Å². The van der Waals surface area contributed by atoms with E-state index in [0.717, 1.165) is 5.56 Å². The first-order chi connectivity index (χ1) is 10.6. The van der Waals surface area contributed by atoms with Crippen molar-refractivity contribution in [2.24, 2.45) is 0 Å². The Labute approximate surface area is 127 Å². The summed E-state index contributed by atoms with van der Waals surface area (Å²) in [7, 11) is 0. The van der Waals surface area contributed by atoms with Crippen LogP contribution < -0.4 is 5.32 Å². The second kappa shape index (κ2) is 7.17. The molecule has 0 bridgehead atoms. The van der Waals surface area contributed by atoms with Crippen molar-refractivity contribution in [1.82, 2.24) is 0 Å². The van der Waals surface area contributed by atoms with Crippen LogP contribution in [0.4, 0.5) is 5.69 Å². The zero-order valence-corrected chi connectivity index (χ0v) is 12.0. The summed E-state index contributed by atoms with van der Waals surface area (Å²) in [6, 6.07) is 13.3. The average Bonchev–Trinajstić information content (AvgIpc) is 2.55. The Balaban J connectivity index is 1.89. The van der Waals surface area contributed by atoms with E-state index in [9.17, 15) is 14.4 Å². The predicted molar refractivity (Wildman–Crippen MR) is 81.9 cm³/mol. The minimum atomic E-state index is -0.614. The van der Waals surface area contributed by atoms with Crippen molar-refractivity contribution in [1.29, 1.82) is 0 Å². The molecule has 0 aliphatic heterocycles. The molecule has 5 nitrogen and oxygen atoms in total. The topological polar surface area (TPSA) is 72.5 Å². The van der Waals surface area contributed by atoms with Crippen molar-refractivity contribution in [2.45, 2.75) is 6.92 Å². The number of carbonyl (C=O) groups excluding carboxylic acids is 3. The highest BCUT2D eigenvalue weighted by molar-refractivity contribution is 5.96. The number of aryl methyl sites for hydroxylation is 1. The lowest BCUT2D eigenvalue weighted by atomic mass is 10.1. The van der Waals surface area contributed by atoms with Crippen molar-refractivity contribution in [2.75, 3.05) is 11.9 Å². The van der Waals surface area contributed by atoms with Gasteiger partial charge in [0, 0.05) is 11.3 Å². The highest BCUT2D eigenvalue weighted by Gasteiger charge is 2.10. The monoisotopic (exact) mass is 297 g/mol. The van der Waals surface area contributed by atoms with Gasteiger partial charge in [0.15, 0.2) is 6.61 Å². The second-order valence-corrected chi connectivity index (χ2v) is 4.68. The maximum atomic E-state index is 11.8. The maximum absolute atomic E-state index is 11.8. The smallest absolute Gasteiger partial charge is 0.338 e. The number of benzene rings is 2. The van der Waals surface area contributed by atoms with Crippen molar-refractivity contribution in [3.63, 3.8) is 0 Å². The molecule has 2 aromatic rings. The molecule has 0 unspecified atom stereocenters. The molecule has 0 aliphatic carbocycles. The molecular formula is C17H15NO4. The van der Waals surface area contributed by atoms with Crippen LogP contribution in [0.3, 0.4) is 0 Å². The third kappa shape index (κ3) is 4.02. The summed E-state index contributed by atoms with van der Waals surface area (Å²) < 4.78 is 4.94. The van der Waals surface area contributed by atoms with Crippen LogP contribution >= 0.6 is 0 Å². The van der Waals surface area contributed by atoms with Gasteiger partial charge in [-0.25, -0.2) is 4.79 Å². The van der Waals surface area contributed by atoms with Gasteiger partial charge in [-0.15, -0.1) is 0 Å². The molecule has 2 rings (SSSR count). The van der Waals surface area contributed by atoms with Gasteiger partial charge in [-0.05, 0) is 30.7 Å². The minimum absolute atomic E-state index is 0.286. The molecule has 0 aromatic heterocycles. The highest BCUT2D eigenvalue weighted by Crippen LogP contribution is 2.13. The SMILES string of the molecule is Cc1ccccc1NC(=O)COC(=O)c1ccc(C=O)cc1.